The van der Waals surface area contributed by atoms with Gasteiger partial charge in [-0.15, -0.1) is 0 Å². The molecule has 0 fully saturated rings. The summed E-state index contributed by atoms with van der Waals surface area (Å²) in [6.07, 6.45) is 0.726. The molecule has 0 aliphatic carbocycles. The van der Waals surface area contributed by atoms with Gasteiger partial charge in [-0.3, -0.25) is 10.1 Å². The van der Waals surface area contributed by atoms with Crippen molar-refractivity contribution in [1.29, 1.82) is 0 Å². The van der Waals surface area contributed by atoms with Crippen molar-refractivity contribution in [2.45, 2.75) is 13.3 Å². The minimum absolute atomic E-state index is 0.0946. The minimum atomic E-state index is -0.854. The van der Waals surface area contributed by atoms with Gasteiger partial charge in [0, 0.05) is 6.54 Å². The van der Waals surface area contributed by atoms with Gasteiger partial charge in [-0.2, -0.15) is 0 Å². The molecule has 22 heavy (non-hydrogen) atoms. The molecule has 1 aromatic rings. The Hall–Kier alpha value is -2.64. The Morgan fingerprint density at radius 1 is 1.18 bits per heavy atom. The van der Waals surface area contributed by atoms with Crippen LogP contribution in [0, 0.1) is 5.82 Å². The van der Waals surface area contributed by atoms with Crippen LogP contribution < -0.4 is 15.4 Å². The Labute approximate surface area is 126 Å². The second kappa shape index (κ2) is 9.32. The molecule has 3 amide bonds. The highest BCUT2D eigenvalue weighted by Gasteiger charge is 2.11. The Bertz CT molecular complexity index is 536. The standard InChI is InChI=1S/C14H17FN2O5/c1-2-7-16-14(20)17-12(18)8-22-13(19)9-21-11-6-4-3-5-10(11)15/h3-6H,2,7-9H2,1H3,(H2,16,17,18,20). The third-order valence-corrected chi connectivity index (χ3v) is 2.33. The molecule has 0 spiro atoms. The summed E-state index contributed by atoms with van der Waals surface area (Å²) >= 11 is 0. The molecule has 0 unspecified atom stereocenters. The lowest BCUT2D eigenvalue weighted by Crippen LogP contribution is -2.41. The Morgan fingerprint density at radius 2 is 1.91 bits per heavy atom. The zero-order valence-corrected chi connectivity index (χ0v) is 12.1. The van der Waals surface area contributed by atoms with E-state index in [1.807, 2.05) is 12.2 Å². The van der Waals surface area contributed by atoms with Gasteiger partial charge >= 0.3 is 12.0 Å². The molecule has 0 aliphatic heterocycles. The number of benzene rings is 1. The molecule has 0 aliphatic rings. The van der Waals surface area contributed by atoms with Crippen LogP contribution in [-0.2, 0) is 14.3 Å². The summed E-state index contributed by atoms with van der Waals surface area (Å²) in [4.78, 5) is 33.8. The van der Waals surface area contributed by atoms with Gasteiger partial charge in [-0.1, -0.05) is 19.1 Å². The average Bonchev–Trinajstić information content (AvgIpc) is 2.50. The zero-order chi connectivity index (χ0) is 16.4. The predicted molar refractivity (Wildman–Crippen MR) is 74.7 cm³/mol. The fourth-order valence-electron chi connectivity index (χ4n) is 1.33. The van der Waals surface area contributed by atoms with Crippen molar-refractivity contribution in [3.8, 4) is 5.75 Å². The van der Waals surface area contributed by atoms with Gasteiger partial charge in [0.15, 0.2) is 24.8 Å². The number of para-hydroxylation sites is 1. The van der Waals surface area contributed by atoms with Gasteiger partial charge in [-0.25, -0.2) is 14.0 Å². The summed E-state index contributed by atoms with van der Waals surface area (Å²) in [5.74, 6) is -2.33. The topological polar surface area (TPSA) is 93.7 Å². The van der Waals surface area contributed by atoms with E-state index < -0.39 is 36.9 Å². The number of carbonyl (C=O) groups is 3. The maximum Gasteiger partial charge on any atom is 0.344 e. The van der Waals surface area contributed by atoms with Crippen molar-refractivity contribution < 1.29 is 28.2 Å². The third kappa shape index (κ3) is 6.69. The monoisotopic (exact) mass is 312 g/mol. The second-order valence-electron chi connectivity index (χ2n) is 4.18. The van der Waals surface area contributed by atoms with E-state index in [1.165, 1.54) is 18.2 Å². The molecule has 2 N–H and O–H groups in total. The second-order valence-corrected chi connectivity index (χ2v) is 4.18. The van der Waals surface area contributed by atoms with E-state index >= 15 is 0 Å². The molecule has 1 rings (SSSR count). The lowest BCUT2D eigenvalue weighted by atomic mass is 10.3. The lowest BCUT2D eigenvalue weighted by molar-refractivity contribution is -0.150. The van der Waals surface area contributed by atoms with Gasteiger partial charge in [0.05, 0.1) is 0 Å². The number of carbonyl (C=O) groups excluding carboxylic acids is 3. The number of nitrogens with one attached hydrogen (secondary N) is 2. The molecule has 0 atom stereocenters. The van der Waals surface area contributed by atoms with Crippen LogP contribution in [0.25, 0.3) is 0 Å². The van der Waals surface area contributed by atoms with E-state index in [4.69, 9.17) is 4.74 Å². The van der Waals surface area contributed by atoms with Crippen LogP contribution in [0.15, 0.2) is 24.3 Å². The average molecular weight is 312 g/mol. The SMILES string of the molecule is CCCNC(=O)NC(=O)COC(=O)COc1ccccc1F. The number of amides is 3. The Kier molecular flexibility index (Phi) is 7.38. The molecule has 0 aromatic heterocycles. The number of ether oxygens (including phenoxy) is 2. The third-order valence-electron chi connectivity index (χ3n) is 2.33. The summed E-state index contributed by atoms with van der Waals surface area (Å²) in [7, 11) is 0. The number of rotatable bonds is 7. The van der Waals surface area contributed by atoms with Crippen molar-refractivity contribution in [2.24, 2.45) is 0 Å². The van der Waals surface area contributed by atoms with Gasteiger partial charge in [-0.05, 0) is 18.6 Å². The van der Waals surface area contributed by atoms with Gasteiger partial charge in [0.1, 0.15) is 0 Å². The maximum absolute atomic E-state index is 13.2. The Balaban J connectivity index is 2.24. The first kappa shape index (κ1) is 17.4. The summed E-state index contributed by atoms with van der Waals surface area (Å²) in [5.41, 5.74) is 0. The first-order valence-electron chi connectivity index (χ1n) is 6.63. The van der Waals surface area contributed by atoms with Crippen LogP contribution in [0.4, 0.5) is 9.18 Å². The highest BCUT2D eigenvalue weighted by molar-refractivity contribution is 5.95. The number of hydrogen-bond donors (Lipinski definition) is 2. The summed E-state index contributed by atoms with van der Waals surface area (Å²) in [6.45, 7) is 1.12. The summed E-state index contributed by atoms with van der Waals surface area (Å²) in [6, 6.07) is 4.90. The molecule has 0 bridgehead atoms. The Morgan fingerprint density at radius 3 is 2.59 bits per heavy atom. The minimum Gasteiger partial charge on any atom is -0.479 e. The first-order chi connectivity index (χ1) is 10.5. The molecule has 1 aromatic carbocycles. The van der Waals surface area contributed by atoms with Crippen molar-refractivity contribution in [3.05, 3.63) is 30.1 Å². The van der Waals surface area contributed by atoms with Crippen LogP contribution in [0.5, 0.6) is 5.75 Å². The van der Waals surface area contributed by atoms with Crippen molar-refractivity contribution in [3.63, 3.8) is 0 Å². The van der Waals surface area contributed by atoms with E-state index in [0.717, 1.165) is 6.42 Å². The van der Waals surface area contributed by atoms with Gasteiger partial charge in [0.25, 0.3) is 5.91 Å². The summed E-state index contributed by atoms with van der Waals surface area (Å²) < 4.78 is 22.7. The smallest absolute Gasteiger partial charge is 0.344 e. The van der Waals surface area contributed by atoms with E-state index in [9.17, 15) is 18.8 Å². The van der Waals surface area contributed by atoms with Crippen LogP contribution in [0.1, 0.15) is 13.3 Å². The van der Waals surface area contributed by atoms with Crippen LogP contribution >= 0.6 is 0 Å². The highest BCUT2D eigenvalue weighted by Crippen LogP contribution is 2.14. The number of imide groups is 1. The largest absolute Gasteiger partial charge is 0.479 e. The molecule has 7 nitrogen and oxygen atoms in total. The van der Waals surface area contributed by atoms with E-state index in [-0.39, 0.29) is 5.75 Å². The normalized spacial score (nSPS) is 9.73. The van der Waals surface area contributed by atoms with E-state index in [0.29, 0.717) is 6.54 Å². The summed E-state index contributed by atoms with van der Waals surface area (Å²) in [5, 5.41) is 4.41. The number of hydrogen-bond acceptors (Lipinski definition) is 5. The fraction of sp³-hybridized carbons (Fsp3) is 0.357. The van der Waals surface area contributed by atoms with Crippen LogP contribution in [-0.4, -0.2) is 37.7 Å². The van der Waals surface area contributed by atoms with Crippen molar-refractivity contribution in [2.75, 3.05) is 19.8 Å². The molecule has 8 heteroatoms. The number of halogens is 1. The molecule has 0 saturated carbocycles. The van der Waals surface area contributed by atoms with E-state index in [2.05, 4.69) is 10.1 Å². The quantitative estimate of drug-likeness (QED) is 0.732. The molecule has 0 saturated heterocycles. The maximum atomic E-state index is 13.2. The molecule has 120 valence electrons. The predicted octanol–water partition coefficient (Wildman–Crippen LogP) is 0.984. The van der Waals surface area contributed by atoms with Crippen LogP contribution in [0.2, 0.25) is 0 Å². The number of urea groups is 1. The van der Waals surface area contributed by atoms with Gasteiger partial charge in [0.2, 0.25) is 0 Å². The van der Waals surface area contributed by atoms with Gasteiger partial charge < -0.3 is 14.8 Å². The first-order valence-corrected chi connectivity index (χ1v) is 6.63. The molecule has 0 radical (unpaired) electrons. The molecule has 0 heterocycles. The number of esters is 1. The van der Waals surface area contributed by atoms with E-state index in [1.54, 1.807) is 6.07 Å². The zero-order valence-electron chi connectivity index (χ0n) is 12.1. The molecular formula is C14H17FN2O5. The lowest BCUT2D eigenvalue weighted by Gasteiger charge is -2.08. The highest BCUT2D eigenvalue weighted by atomic mass is 19.1. The fourth-order valence-corrected chi connectivity index (χ4v) is 1.33. The van der Waals surface area contributed by atoms with Crippen molar-refractivity contribution >= 4 is 17.9 Å². The van der Waals surface area contributed by atoms with Crippen molar-refractivity contribution in [1.82, 2.24) is 10.6 Å². The molecular weight excluding hydrogens is 295 g/mol. The van der Waals surface area contributed by atoms with Crippen LogP contribution in [0.3, 0.4) is 0 Å².